The molecule has 0 bridgehead atoms. The fraction of sp³-hybridized carbons (Fsp3) is 0.222. The van der Waals surface area contributed by atoms with Gasteiger partial charge in [0.25, 0.3) is 0 Å². The van der Waals surface area contributed by atoms with Gasteiger partial charge in [-0.25, -0.2) is 13.6 Å². The SMILES string of the molecule is O=C=Nc1ccc(SC(F)(F)C(F)F)c(Cl)c1. The van der Waals surface area contributed by atoms with Gasteiger partial charge in [0.2, 0.25) is 6.08 Å². The Balaban J connectivity index is 2.97. The second-order valence-electron chi connectivity index (χ2n) is 2.78. The van der Waals surface area contributed by atoms with Gasteiger partial charge in [-0.05, 0) is 30.0 Å². The highest BCUT2D eigenvalue weighted by atomic mass is 35.5. The van der Waals surface area contributed by atoms with Gasteiger partial charge in [0.05, 0.1) is 10.7 Å². The molecule has 0 aliphatic heterocycles. The van der Waals surface area contributed by atoms with E-state index in [2.05, 4.69) is 4.99 Å². The molecule has 1 aromatic rings. The molecule has 8 heteroatoms. The molecular formula is C9H4ClF4NOS. The fourth-order valence-electron chi connectivity index (χ4n) is 0.886. The van der Waals surface area contributed by atoms with Crippen LogP contribution in [0.5, 0.6) is 0 Å². The molecule has 0 atom stereocenters. The number of carbonyl (C=O) groups excluding carboxylic acids is 1. The third kappa shape index (κ3) is 3.73. The number of benzene rings is 1. The Labute approximate surface area is 103 Å². The van der Waals surface area contributed by atoms with Gasteiger partial charge < -0.3 is 0 Å². The Morgan fingerprint density at radius 2 is 2.06 bits per heavy atom. The molecule has 0 spiro atoms. The van der Waals surface area contributed by atoms with Crippen molar-refractivity contribution in [3.8, 4) is 0 Å². The quantitative estimate of drug-likeness (QED) is 0.358. The zero-order valence-corrected chi connectivity index (χ0v) is 9.54. The molecule has 0 saturated carbocycles. The maximum atomic E-state index is 12.7. The van der Waals surface area contributed by atoms with Crippen LogP contribution in [0, 0.1) is 0 Å². The highest BCUT2D eigenvalue weighted by Gasteiger charge is 2.42. The van der Waals surface area contributed by atoms with Gasteiger partial charge in [0.1, 0.15) is 0 Å². The molecule has 1 rings (SSSR count). The summed E-state index contributed by atoms with van der Waals surface area (Å²) >= 11 is 5.24. The number of hydrogen-bond donors (Lipinski definition) is 0. The second-order valence-corrected chi connectivity index (χ2v) is 4.38. The molecule has 0 radical (unpaired) electrons. The van der Waals surface area contributed by atoms with Crippen LogP contribution in [0.1, 0.15) is 0 Å². The topological polar surface area (TPSA) is 29.4 Å². The van der Waals surface area contributed by atoms with Gasteiger partial charge in [-0.1, -0.05) is 11.6 Å². The summed E-state index contributed by atoms with van der Waals surface area (Å²) < 4.78 is 49.4. The first-order valence-corrected chi connectivity index (χ1v) is 5.28. The minimum atomic E-state index is -4.22. The number of halogens is 5. The van der Waals surface area contributed by atoms with Crippen molar-refractivity contribution in [3.63, 3.8) is 0 Å². The summed E-state index contributed by atoms with van der Waals surface area (Å²) in [5.41, 5.74) is 0.106. The highest BCUT2D eigenvalue weighted by Crippen LogP contribution is 2.43. The molecule has 0 amide bonds. The van der Waals surface area contributed by atoms with Crippen LogP contribution in [0.2, 0.25) is 5.02 Å². The molecule has 0 fully saturated rings. The van der Waals surface area contributed by atoms with Gasteiger partial charge in [-0.3, -0.25) is 0 Å². The lowest BCUT2D eigenvalue weighted by molar-refractivity contribution is -0.0563. The summed E-state index contributed by atoms with van der Waals surface area (Å²) in [6.45, 7) is 0. The van der Waals surface area contributed by atoms with Crippen LogP contribution in [0.4, 0.5) is 23.2 Å². The number of rotatable bonds is 4. The average molecular weight is 286 g/mol. The first-order valence-electron chi connectivity index (χ1n) is 4.09. The van der Waals surface area contributed by atoms with Crippen molar-refractivity contribution < 1.29 is 22.4 Å². The molecule has 0 N–H and O–H groups in total. The smallest absolute Gasteiger partial charge is 0.211 e. The lowest BCUT2D eigenvalue weighted by Gasteiger charge is -2.15. The predicted molar refractivity (Wildman–Crippen MR) is 56.0 cm³/mol. The maximum Gasteiger partial charge on any atom is 0.357 e. The number of thioether (sulfide) groups is 1. The minimum Gasteiger partial charge on any atom is -0.211 e. The molecule has 0 aliphatic carbocycles. The molecule has 0 heterocycles. The first-order chi connectivity index (χ1) is 7.86. The standard InChI is InChI=1S/C9H4ClF4NOS/c10-6-3-5(15-4-16)1-2-7(6)17-9(13,14)8(11)12/h1-3,8H. The van der Waals surface area contributed by atoms with Gasteiger partial charge >= 0.3 is 11.7 Å². The van der Waals surface area contributed by atoms with E-state index in [9.17, 15) is 22.4 Å². The van der Waals surface area contributed by atoms with E-state index in [1.54, 1.807) is 0 Å². The number of hydrogen-bond acceptors (Lipinski definition) is 3. The zero-order chi connectivity index (χ0) is 13.1. The highest BCUT2D eigenvalue weighted by molar-refractivity contribution is 8.00. The van der Waals surface area contributed by atoms with Crippen molar-refractivity contribution in [1.82, 2.24) is 0 Å². The summed E-state index contributed by atoms with van der Waals surface area (Å²) in [7, 11) is 0. The van der Waals surface area contributed by atoms with Crippen molar-refractivity contribution in [2.45, 2.75) is 16.6 Å². The van der Waals surface area contributed by atoms with Crippen LogP contribution < -0.4 is 0 Å². The number of aliphatic imine (C=N–C) groups is 1. The van der Waals surface area contributed by atoms with E-state index in [4.69, 9.17) is 11.6 Å². The Bertz CT molecular complexity index is 462. The lowest BCUT2D eigenvalue weighted by atomic mass is 10.3. The summed E-state index contributed by atoms with van der Waals surface area (Å²) in [5.74, 6) is 0. The van der Waals surface area contributed by atoms with Crippen molar-refractivity contribution in [2.24, 2.45) is 4.99 Å². The van der Waals surface area contributed by atoms with E-state index in [0.29, 0.717) is 0 Å². The second kappa shape index (κ2) is 5.53. The summed E-state index contributed by atoms with van der Waals surface area (Å²) in [6, 6.07) is 3.39. The Kier molecular flexibility index (Phi) is 4.56. The van der Waals surface area contributed by atoms with Gasteiger partial charge in [0, 0.05) is 4.90 Å². The van der Waals surface area contributed by atoms with Crippen LogP contribution in [0.15, 0.2) is 28.1 Å². The summed E-state index contributed by atoms with van der Waals surface area (Å²) in [4.78, 5) is 12.9. The normalized spacial score (nSPS) is 11.4. The minimum absolute atomic E-state index is 0.106. The molecule has 1 aromatic carbocycles. The van der Waals surface area contributed by atoms with E-state index in [0.717, 1.165) is 12.1 Å². The van der Waals surface area contributed by atoms with Crippen LogP contribution in [-0.2, 0) is 4.79 Å². The van der Waals surface area contributed by atoms with Crippen LogP contribution in [0.25, 0.3) is 0 Å². The Morgan fingerprint density at radius 1 is 1.41 bits per heavy atom. The number of alkyl halides is 4. The molecular weight excluding hydrogens is 282 g/mol. The largest absolute Gasteiger partial charge is 0.357 e. The van der Waals surface area contributed by atoms with Crippen molar-refractivity contribution in [1.29, 1.82) is 0 Å². The third-order valence-corrected chi connectivity index (χ3v) is 3.04. The third-order valence-electron chi connectivity index (χ3n) is 1.59. The van der Waals surface area contributed by atoms with Crippen molar-refractivity contribution >= 4 is 35.1 Å². The summed E-state index contributed by atoms with van der Waals surface area (Å²) in [5, 5.41) is -4.41. The maximum absolute atomic E-state index is 12.7. The average Bonchev–Trinajstić information content (AvgIpc) is 2.22. The van der Waals surface area contributed by atoms with Crippen LogP contribution in [0.3, 0.4) is 0 Å². The van der Waals surface area contributed by atoms with E-state index < -0.39 is 11.7 Å². The Hall–Kier alpha value is -1.04. The van der Waals surface area contributed by atoms with E-state index in [1.165, 1.54) is 12.1 Å². The molecule has 0 aromatic heterocycles. The molecule has 17 heavy (non-hydrogen) atoms. The van der Waals surface area contributed by atoms with Crippen molar-refractivity contribution in [2.75, 3.05) is 0 Å². The molecule has 2 nitrogen and oxygen atoms in total. The zero-order valence-electron chi connectivity index (χ0n) is 7.96. The van der Waals surface area contributed by atoms with Crippen molar-refractivity contribution in [3.05, 3.63) is 23.2 Å². The van der Waals surface area contributed by atoms with Gasteiger partial charge in [-0.2, -0.15) is 13.8 Å². The van der Waals surface area contributed by atoms with E-state index in [-0.39, 0.29) is 27.4 Å². The number of isocyanates is 1. The first kappa shape index (κ1) is 14.0. The van der Waals surface area contributed by atoms with Crippen LogP contribution >= 0.6 is 23.4 Å². The van der Waals surface area contributed by atoms with Crippen LogP contribution in [-0.4, -0.2) is 17.8 Å². The van der Waals surface area contributed by atoms with E-state index in [1.807, 2.05) is 0 Å². The molecule has 92 valence electrons. The monoisotopic (exact) mass is 285 g/mol. The molecule has 0 unspecified atom stereocenters. The van der Waals surface area contributed by atoms with E-state index >= 15 is 0 Å². The molecule has 0 saturated heterocycles. The predicted octanol–water partition coefficient (Wildman–Crippen LogP) is 4.26. The lowest BCUT2D eigenvalue weighted by Crippen LogP contribution is -2.21. The number of nitrogens with zero attached hydrogens (tertiary/aromatic N) is 1. The molecule has 0 aliphatic rings. The van der Waals surface area contributed by atoms with Gasteiger partial charge in [0.15, 0.2) is 0 Å². The van der Waals surface area contributed by atoms with Gasteiger partial charge in [-0.15, -0.1) is 0 Å². The Morgan fingerprint density at radius 3 is 2.53 bits per heavy atom. The summed E-state index contributed by atoms with van der Waals surface area (Å²) in [6.07, 6.45) is -2.56. The fourth-order valence-corrected chi connectivity index (χ4v) is 1.85.